The molecule has 14 heavy (non-hydrogen) atoms. The van der Waals surface area contributed by atoms with E-state index in [9.17, 15) is 13.2 Å². The molecule has 1 rings (SSSR count). The monoisotopic (exact) mass is 204 g/mol. The first-order chi connectivity index (χ1) is 6.25. The van der Waals surface area contributed by atoms with Crippen molar-refractivity contribution in [2.24, 2.45) is 0 Å². The van der Waals surface area contributed by atoms with Crippen LogP contribution in [0.4, 0.5) is 18.9 Å². The van der Waals surface area contributed by atoms with Crippen LogP contribution in [0.2, 0.25) is 0 Å². The van der Waals surface area contributed by atoms with Gasteiger partial charge in [-0.05, 0) is 25.5 Å². The fourth-order valence-corrected chi connectivity index (χ4v) is 0.963. The van der Waals surface area contributed by atoms with Gasteiger partial charge in [-0.25, -0.2) is 0 Å². The number of nitrogens with two attached hydrogens (primary N) is 1. The summed E-state index contributed by atoms with van der Waals surface area (Å²) in [6, 6.07) is 1.29. The minimum absolute atomic E-state index is 0.0741. The van der Waals surface area contributed by atoms with Gasteiger partial charge in [-0.15, -0.1) is 0 Å². The van der Waals surface area contributed by atoms with Gasteiger partial charge in [0, 0.05) is 12.4 Å². The minimum Gasteiger partial charge on any atom is -0.397 e. The summed E-state index contributed by atoms with van der Waals surface area (Å²) in [4.78, 5) is 3.64. The topological polar surface area (TPSA) is 38.9 Å². The molecular weight excluding hydrogens is 193 g/mol. The van der Waals surface area contributed by atoms with Gasteiger partial charge in [-0.1, -0.05) is 0 Å². The zero-order valence-corrected chi connectivity index (χ0v) is 7.89. The second kappa shape index (κ2) is 3.15. The highest BCUT2D eigenvalue weighted by Gasteiger charge is 2.48. The van der Waals surface area contributed by atoms with Crippen LogP contribution in [0.1, 0.15) is 19.4 Å². The lowest BCUT2D eigenvalue weighted by molar-refractivity contribution is -0.180. The predicted octanol–water partition coefficient (Wildman–Crippen LogP) is 2.50. The Morgan fingerprint density at radius 1 is 1.21 bits per heavy atom. The Balaban J connectivity index is 3.16. The van der Waals surface area contributed by atoms with Gasteiger partial charge < -0.3 is 5.73 Å². The second-order valence-electron chi connectivity index (χ2n) is 3.63. The molecule has 0 saturated heterocycles. The molecule has 0 aromatic carbocycles. The van der Waals surface area contributed by atoms with E-state index in [1.165, 1.54) is 18.5 Å². The van der Waals surface area contributed by atoms with Gasteiger partial charge in [-0.2, -0.15) is 13.2 Å². The molecule has 78 valence electrons. The molecule has 5 heteroatoms. The smallest absolute Gasteiger partial charge is 0.397 e. The van der Waals surface area contributed by atoms with Crippen molar-refractivity contribution in [1.82, 2.24) is 4.98 Å². The van der Waals surface area contributed by atoms with E-state index < -0.39 is 11.6 Å². The van der Waals surface area contributed by atoms with E-state index in [4.69, 9.17) is 5.73 Å². The van der Waals surface area contributed by atoms with E-state index in [0.29, 0.717) is 0 Å². The van der Waals surface area contributed by atoms with Gasteiger partial charge in [0.25, 0.3) is 0 Å². The Kier molecular flexibility index (Phi) is 2.43. The zero-order valence-electron chi connectivity index (χ0n) is 7.89. The lowest BCUT2D eigenvalue weighted by atomic mass is 9.85. The Bertz CT molecular complexity index is 331. The summed E-state index contributed by atoms with van der Waals surface area (Å²) < 4.78 is 37.7. The normalized spacial score (nSPS) is 12.9. The van der Waals surface area contributed by atoms with E-state index in [1.54, 1.807) is 0 Å². The summed E-state index contributed by atoms with van der Waals surface area (Å²) in [5.41, 5.74) is 3.76. The van der Waals surface area contributed by atoms with Gasteiger partial charge in [0.15, 0.2) is 0 Å². The summed E-state index contributed by atoms with van der Waals surface area (Å²) in [6.07, 6.45) is -1.80. The molecule has 0 unspecified atom stereocenters. The van der Waals surface area contributed by atoms with E-state index >= 15 is 0 Å². The third kappa shape index (κ3) is 1.81. The van der Waals surface area contributed by atoms with Crippen LogP contribution in [0.25, 0.3) is 0 Å². The standard InChI is InChI=1S/C9H11F3N2/c1-8(2,9(10,11)12)6-3-7(13)5-14-4-6/h3-5H,13H2,1-2H3. The van der Waals surface area contributed by atoms with Gasteiger partial charge in [0.2, 0.25) is 0 Å². The number of rotatable bonds is 1. The first kappa shape index (κ1) is 10.8. The fraction of sp³-hybridized carbons (Fsp3) is 0.444. The van der Waals surface area contributed by atoms with Gasteiger partial charge in [0.1, 0.15) is 0 Å². The number of aromatic nitrogens is 1. The summed E-state index contributed by atoms with van der Waals surface area (Å²) in [5, 5.41) is 0. The van der Waals surface area contributed by atoms with Crippen LogP contribution < -0.4 is 5.73 Å². The maximum absolute atomic E-state index is 12.6. The Hall–Kier alpha value is -1.26. The number of hydrogen-bond acceptors (Lipinski definition) is 2. The van der Waals surface area contributed by atoms with Crippen LogP contribution >= 0.6 is 0 Å². The summed E-state index contributed by atoms with van der Waals surface area (Å²) >= 11 is 0. The van der Waals surface area contributed by atoms with Crippen molar-refractivity contribution in [2.75, 3.05) is 5.73 Å². The van der Waals surface area contributed by atoms with Crippen molar-refractivity contribution >= 4 is 5.69 Å². The molecule has 0 amide bonds. The molecule has 2 nitrogen and oxygen atoms in total. The van der Waals surface area contributed by atoms with E-state index in [0.717, 1.165) is 13.8 Å². The largest absolute Gasteiger partial charge is 0.397 e. The summed E-state index contributed by atoms with van der Waals surface area (Å²) in [7, 11) is 0. The number of alkyl halides is 3. The number of pyridine rings is 1. The van der Waals surface area contributed by atoms with Crippen molar-refractivity contribution in [3.8, 4) is 0 Å². The van der Waals surface area contributed by atoms with E-state index in [1.807, 2.05) is 0 Å². The molecule has 0 radical (unpaired) electrons. The third-order valence-corrected chi connectivity index (χ3v) is 2.19. The molecule has 0 bridgehead atoms. The van der Waals surface area contributed by atoms with Crippen LogP contribution in [0.15, 0.2) is 18.5 Å². The number of nitrogens with zero attached hydrogens (tertiary/aromatic N) is 1. The third-order valence-electron chi connectivity index (χ3n) is 2.19. The maximum atomic E-state index is 12.6. The lowest BCUT2D eigenvalue weighted by Crippen LogP contribution is -2.36. The number of anilines is 1. The molecule has 0 aliphatic rings. The lowest BCUT2D eigenvalue weighted by Gasteiger charge is -2.27. The molecule has 0 fully saturated rings. The van der Waals surface area contributed by atoms with Crippen molar-refractivity contribution in [3.05, 3.63) is 24.0 Å². The quantitative estimate of drug-likeness (QED) is 0.763. The van der Waals surface area contributed by atoms with E-state index in [-0.39, 0.29) is 11.3 Å². The summed E-state index contributed by atoms with van der Waals surface area (Å²) in [5.74, 6) is 0. The average molecular weight is 204 g/mol. The maximum Gasteiger partial charge on any atom is 0.397 e. The molecule has 0 saturated carbocycles. The van der Waals surface area contributed by atoms with Crippen molar-refractivity contribution in [1.29, 1.82) is 0 Å². The molecule has 0 aliphatic heterocycles. The average Bonchev–Trinajstić information content (AvgIpc) is 2.02. The molecule has 1 aromatic rings. The van der Waals surface area contributed by atoms with Gasteiger partial charge in [0.05, 0.1) is 11.1 Å². The highest BCUT2D eigenvalue weighted by molar-refractivity contribution is 5.40. The molecular formula is C9H11F3N2. The zero-order chi connectivity index (χ0) is 11.0. The van der Waals surface area contributed by atoms with Gasteiger partial charge in [-0.3, -0.25) is 4.98 Å². The first-order valence-electron chi connectivity index (χ1n) is 4.03. The molecule has 0 spiro atoms. The fourth-order valence-electron chi connectivity index (χ4n) is 0.963. The van der Waals surface area contributed by atoms with Crippen LogP contribution in [0, 0.1) is 0 Å². The molecule has 2 N–H and O–H groups in total. The molecule has 0 atom stereocenters. The number of nitrogen functional groups attached to an aromatic ring is 1. The van der Waals surface area contributed by atoms with Crippen LogP contribution in [0.5, 0.6) is 0 Å². The van der Waals surface area contributed by atoms with Crippen LogP contribution in [-0.2, 0) is 5.41 Å². The number of halogens is 3. The highest BCUT2D eigenvalue weighted by Crippen LogP contribution is 2.40. The molecule has 0 aliphatic carbocycles. The highest BCUT2D eigenvalue weighted by atomic mass is 19.4. The van der Waals surface area contributed by atoms with Crippen LogP contribution in [-0.4, -0.2) is 11.2 Å². The van der Waals surface area contributed by atoms with Crippen molar-refractivity contribution < 1.29 is 13.2 Å². The predicted molar refractivity (Wildman–Crippen MR) is 47.7 cm³/mol. The summed E-state index contributed by atoms with van der Waals surface area (Å²) in [6.45, 7) is 2.20. The van der Waals surface area contributed by atoms with E-state index in [2.05, 4.69) is 4.98 Å². The van der Waals surface area contributed by atoms with Crippen LogP contribution in [0.3, 0.4) is 0 Å². The second-order valence-corrected chi connectivity index (χ2v) is 3.63. The molecule has 1 aromatic heterocycles. The Labute approximate surface area is 79.9 Å². The molecule has 1 heterocycles. The van der Waals surface area contributed by atoms with Crippen molar-refractivity contribution in [3.63, 3.8) is 0 Å². The van der Waals surface area contributed by atoms with Crippen molar-refractivity contribution in [2.45, 2.75) is 25.4 Å². The Morgan fingerprint density at radius 2 is 1.79 bits per heavy atom. The first-order valence-corrected chi connectivity index (χ1v) is 4.03. The SMILES string of the molecule is CC(C)(c1cncc(N)c1)C(F)(F)F. The minimum atomic E-state index is -4.30. The Morgan fingerprint density at radius 3 is 2.21 bits per heavy atom. The number of hydrogen-bond donors (Lipinski definition) is 1. The van der Waals surface area contributed by atoms with Gasteiger partial charge >= 0.3 is 6.18 Å².